The fourth-order valence-electron chi connectivity index (χ4n) is 1.90. The Morgan fingerprint density at radius 2 is 1.76 bits per heavy atom. The van der Waals surface area contributed by atoms with Crippen molar-refractivity contribution in [3.8, 4) is 5.75 Å². The molecule has 7 heteroatoms. The van der Waals surface area contributed by atoms with E-state index < -0.39 is 20.5 Å². The Kier molecular flexibility index (Phi) is 3.95. The Hall–Kier alpha value is -2.41. The lowest BCUT2D eigenvalue weighted by molar-refractivity contribution is -0.385. The van der Waals surface area contributed by atoms with E-state index in [-0.39, 0.29) is 21.9 Å². The van der Waals surface area contributed by atoms with Crippen molar-refractivity contribution in [2.24, 2.45) is 0 Å². The van der Waals surface area contributed by atoms with Gasteiger partial charge in [0.2, 0.25) is 0 Å². The van der Waals surface area contributed by atoms with E-state index in [1.165, 1.54) is 12.1 Å². The van der Waals surface area contributed by atoms with Crippen molar-refractivity contribution < 1.29 is 18.4 Å². The van der Waals surface area contributed by atoms with Gasteiger partial charge in [0.1, 0.15) is 5.75 Å². The Morgan fingerprint density at radius 1 is 1.14 bits per heavy atom. The van der Waals surface area contributed by atoms with Crippen LogP contribution >= 0.6 is 0 Å². The number of aryl methyl sites for hydroxylation is 1. The fourth-order valence-corrected chi connectivity index (χ4v) is 3.26. The lowest BCUT2D eigenvalue weighted by Crippen LogP contribution is -2.07. The quantitative estimate of drug-likeness (QED) is 0.691. The number of phenolic OH excluding ortho intramolecular Hbond substituents is 1. The van der Waals surface area contributed by atoms with E-state index in [1.807, 2.05) is 6.92 Å². The van der Waals surface area contributed by atoms with Gasteiger partial charge in [-0.05, 0) is 31.2 Å². The first-order valence-electron chi connectivity index (χ1n) is 6.05. The van der Waals surface area contributed by atoms with Crippen LogP contribution in [0.1, 0.15) is 11.1 Å². The van der Waals surface area contributed by atoms with Crippen LogP contribution in [-0.2, 0) is 15.6 Å². The number of nitrogens with zero attached hydrogens (tertiary/aromatic N) is 1. The third-order valence-corrected chi connectivity index (χ3v) is 4.67. The van der Waals surface area contributed by atoms with Crippen molar-refractivity contribution in [3.05, 3.63) is 63.7 Å². The SMILES string of the molecule is Cc1ccc(S(=O)(=O)Cc2cc(O)ccc2[N+](=O)[O-])cc1. The molecule has 2 rings (SSSR count). The van der Waals surface area contributed by atoms with E-state index >= 15 is 0 Å². The summed E-state index contributed by atoms with van der Waals surface area (Å²) in [4.78, 5) is 10.4. The van der Waals surface area contributed by atoms with Crippen molar-refractivity contribution in [1.82, 2.24) is 0 Å². The molecule has 0 spiro atoms. The van der Waals surface area contributed by atoms with Crippen molar-refractivity contribution in [3.63, 3.8) is 0 Å². The molecule has 21 heavy (non-hydrogen) atoms. The van der Waals surface area contributed by atoms with Gasteiger partial charge >= 0.3 is 0 Å². The van der Waals surface area contributed by atoms with Gasteiger partial charge in [-0.3, -0.25) is 10.1 Å². The van der Waals surface area contributed by atoms with Crippen molar-refractivity contribution in [2.75, 3.05) is 0 Å². The average molecular weight is 307 g/mol. The summed E-state index contributed by atoms with van der Waals surface area (Å²) in [6.07, 6.45) is 0. The first kappa shape index (κ1) is 15.0. The third-order valence-electron chi connectivity index (χ3n) is 2.99. The molecule has 0 heterocycles. The molecule has 0 bridgehead atoms. The van der Waals surface area contributed by atoms with Gasteiger partial charge < -0.3 is 5.11 Å². The molecule has 0 saturated carbocycles. The van der Waals surface area contributed by atoms with Crippen LogP contribution in [0.15, 0.2) is 47.4 Å². The topological polar surface area (TPSA) is 97.5 Å². The second-order valence-corrected chi connectivity index (χ2v) is 6.63. The first-order chi connectivity index (χ1) is 9.79. The first-order valence-corrected chi connectivity index (χ1v) is 7.70. The summed E-state index contributed by atoms with van der Waals surface area (Å²) < 4.78 is 24.6. The zero-order chi connectivity index (χ0) is 15.6. The maximum absolute atomic E-state index is 12.3. The number of phenols is 1. The van der Waals surface area contributed by atoms with Gasteiger partial charge in [0.05, 0.1) is 15.6 Å². The minimum absolute atomic E-state index is 0.0411. The number of nitro benzene ring substituents is 1. The van der Waals surface area contributed by atoms with E-state index in [9.17, 15) is 23.6 Å². The zero-order valence-corrected chi connectivity index (χ0v) is 12.0. The standard InChI is InChI=1S/C14H13NO5S/c1-10-2-5-13(6-3-10)21(19,20)9-11-8-12(16)4-7-14(11)15(17)18/h2-8,16H,9H2,1H3. The summed E-state index contributed by atoms with van der Waals surface area (Å²) in [5.41, 5.74) is 0.543. The Bertz CT molecular complexity index is 782. The van der Waals surface area contributed by atoms with Gasteiger partial charge in [0, 0.05) is 11.6 Å². The molecule has 0 aromatic heterocycles. The molecule has 0 amide bonds. The molecule has 0 aliphatic heterocycles. The third kappa shape index (κ3) is 3.38. The lowest BCUT2D eigenvalue weighted by Gasteiger charge is -2.06. The molecule has 2 aromatic rings. The minimum Gasteiger partial charge on any atom is -0.508 e. The summed E-state index contributed by atoms with van der Waals surface area (Å²) in [6, 6.07) is 9.57. The van der Waals surface area contributed by atoms with Gasteiger partial charge in [0.25, 0.3) is 5.69 Å². The maximum atomic E-state index is 12.3. The highest BCUT2D eigenvalue weighted by Gasteiger charge is 2.22. The number of aromatic hydroxyl groups is 1. The summed E-state index contributed by atoms with van der Waals surface area (Å²) in [7, 11) is -3.72. The summed E-state index contributed by atoms with van der Waals surface area (Å²) in [5.74, 6) is -0.754. The highest BCUT2D eigenvalue weighted by Crippen LogP contribution is 2.27. The maximum Gasteiger partial charge on any atom is 0.273 e. The van der Waals surface area contributed by atoms with Crippen LogP contribution in [-0.4, -0.2) is 18.4 Å². The summed E-state index contributed by atoms with van der Waals surface area (Å²) in [5, 5.41) is 20.3. The normalized spacial score (nSPS) is 11.3. The molecule has 110 valence electrons. The summed E-state index contributed by atoms with van der Waals surface area (Å²) in [6.45, 7) is 1.83. The van der Waals surface area contributed by atoms with Gasteiger partial charge in [-0.1, -0.05) is 17.7 Å². The fraction of sp³-hybridized carbons (Fsp3) is 0.143. The van der Waals surface area contributed by atoms with Gasteiger partial charge in [-0.2, -0.15) is 0 Å². The molecule has 0 aliphatic carbocycles. The van der Waals surface area contributed by atoms with Gasteiger partial charge in [-0.25, -0.2) is 8.42 Å². The Morgan fingerprint density at radius 3 is 2.33 bits per heavy atom. The predicted octanol–water partition coefficient (Wildman–Crippen LogP) is 2.58. The molecule has 0 fully saturated rings. The molecule has 0 saturated heterocycles. The smallest absolute Gasteiger partial charge is 0.273 e. The Balaban J connectivity index is 2.43. The molecule has 0 unspecified atom stereocenters. The van der Waals surface area contributed by atoms with E-state index in [4.69, 9.17) is 0 Å². The van der Waals surface area contributed by atoms with Crippen molar-refractivity contribution in [2.45, 2.75) is 17.6 Å². The average Bonchev–Trinajstić information content (AvgIpc) is 2.38. The van der Waals surface area contributed by atoms with Crippen molar-refractivity contribution in [1.29, 1.82) is 0 Å². The number of nitro groups is 1. The number of hydrogen-bond donors (Lipinski definition) is 1. The molecular formula is C14H13NO5S. The van der Waals surface area contributed by atoms with Crippen LogP contribution in [0.3, 0.4) is 0 Å². The van der Waals surface area contributed by atoms with E-state index in [2.05, 4.69) is 0 Å². The molecule has 0 aliphatic rings. The van der Waals surface area contributed by atoms with Crippen LogP contribution in [0.4, 0.5) is 5.69 Å². The molecule has 6 nitrogen and oxygen atoms in total. The molecule has 1 N–H and O–H groups in total. The zero-order valence-electron chi connectivity index (χ0n) is 11.2. The van der Waals surface area contributed by atoms with Crippen LogP contribution < -0.4 is 0 Å². The highest BCUT2D eigenvalue weighted by molar-refractivity contribution is 7.90. The molecule has 2 aromatic carbocycles. The number of sulfone groups is 1. The summed E-state index contributed by atoms with van der Waals surface area (Å²) >= 11 is 0. The lowest BCUT2D eigenvalue weighted by atomic mass is 10.2. The number of benzene rings is 2. The monoisotopic (exact) mass is 307 g/mol. The second kappa shape index (κ2) is 5.53. The Labute approximate surface area is 121 Å². The van der Waals surface area contributed by atoms with Gasteiger partial charge in [0.15, 0.2) is 9.84 Å². The van der Waals surface area contributed by atoms with Gasteiger partial charge in [-0.15, -0.1) is 0 Å². The van der Waals surface area contributed by atoms with Crippen LogP contribution in [0.2, 0.25) is 0 Å². The molecule has 0 radical (unpaired) electrons. The van der Waals surface area contributed by atoms with Crippen LogP contribution in [0.25, 0.3) is 0 Å². The van der Waals surface area contributed by atoms with E-state index in [0.29, 0.717) is 0 Å². The second-order valence-electron chi connectivity index (χ2n) is 4.64. The van der Waals surface area contributed by atoms with Crippen molar-refractivity contribution >= 4 is 15.5 Å². The molecule has 0 atom stereocenters. The van der Waals surface area contributed by atoms with E-state index in [1.54, 1.807) is 12.1 Å². The highest BCUT2D eigenvalue weighted by atomic mass is 32.2. The minimum atomic E-state index is -3.72. The van der Waals surface area contributed by atoms with Crippen LogP contribution in [0, 0.1) is 17.0 Å². The van der Waals surface area contributed by atoms with E-state index in [0.717, 1.165) is 23.8 Å². The largest absolute Gasteiger partial charge is 0.508 e. The predicted molar refractivity (Wildman–Crippen MR) is 76.8 cm³/mol. The molecular weight excluding hydrogens is 294 g/mol. The number of hydrogen-bond acceptors (Lipinski definition) is 5. The number of rotatable bonds is 4. The van der Waals surface area contributed by atoms with Crippen LogP contribution in [0.5, 0.6) is 5.75 Å².